The van der Waals surface area contributed by atoms with Crippen LogP contribution in [-0.2, 0) is 13.6 Å². The summed E-state index contributed by atoms with van der Waals surface area (Å²) < 4.78 is 7.93. The van der Waals surface area contributed by atoms with Gasteiger partial charge in [-0.2, -0.15) is 5.10 Å². The van der Waals surface area contributed by atoms with Crippen molar-refractivity contribution in [1.29, 1.82) is 0 Å². The summed E-state index contributed by atoms with van der Waals surface area (Å²) in [7, 11) is 1.94. The topological polar surface area (TPSA) is 67.2 Å². The lowest BCUT2D eigenvalue weighted by Crippen LogP contribution is -2.50. The van der Waals surface area contributed by atoms with E-state index < -0.39 is 0 Å². The molecule has 0 unspecified atom stereocenters. The Hall–Kier alpha value is -2.64. The van der Waals surface area contributed by atoms with Gasteiger partial charge in [-0.3, -0.25) is 4.68 Å². The Morgan fingerprint density at radius 3 is 3.03 bits per heavy atom. The number of nitrogens with one attached hydrogen (secondary N) is 2. The molecule has 2 aliphatic rings. The van der Waals surface area contributed by atoms with Gasteiger partial charge in [-0.1, -0.05) is 13.0 Å². The number of hydrogen-bond donors (Lipinski definition) is 2. The Kier molecular flexibility index (Phi) is 4.85. The summed E-state index contributed by atoms with van der Waals surface area (Å²) in [6.07, 6.45) is 3.80. The van der Waals surface area contributed by atoms with Crippen molar-refractivity contribution in [3.05, 3.63) is 47.8 Å². The number of benzene rings is 1. The van der Waals surface area contributed by atoms with Gasteiger partial charge in [0.15, 0.2) is 5.65 Å². The van der Waals surface area contributed by atoms with Gasteiger partial charge in [0.2, 0.25) is 0 Å². The van der Waals surface area contributed by atoms with Crippen molar-refractivity contribution in [2.75, 3.05) is 37.7 Å². The van der Waals surface area contributed by atoms with Crippen molar-refractivity contribution >= 4 is 16.7 Å². The fourth-order valence-electron chi connectivity index (χ4n) is 4.48. The number of hydrogen-bond acceptors (Lipinski definition) is 6. The molecule has 7 heteroatoms. The predicted molar refractivity (Wildman–Crippen MR) is 115 cm³/mol. The molecule has 2 aliphatic heterocycles. The number of pyridine rings is 1. The van der Waals surface area contributed by atoms with E-state index in [1.165, 1.54) is 16.8 Å². The van der Waals surface area contributed by atoms with Crippen LogP contribution in [0.1, 0.15) is 24.0 Å². The molecule has 0 amide bonds. The summed E-state index contributed by atoms with van der Waals surface area (Å²) in [6, 6.07) is 9.05. The molecule has 2 N–H and O–H groups in total. The number of nitrogens with zero attached hydrogens (tertiary/aromatic N) is 4. The second kappa shape index (κ2) is 7.65. The molecule has 4 heterocycles. The van der Waals surface area contributed by atoms with E-state index in [2.05, 4.69) is 56.8 Å². The summed E-state index contributed by atoms with van der Waals surface area (Å²) in [5.41, 5.74) is 4.89. The van der Waals surface area contributed by atoms with Crippen molar-refractivity contribution in [3.63, 3.8) is 0 Å². The summed E-state index contributed by atoms with van der Waals surface area (Å²) in [6.45, 7) is 7.85. The second-order valence-electron chi connectivity index (χ2n) is 8.14. The third kappa shape index (κ3) is 3.56. The lowest BCUT2D eigenvalue weighted by atomic mass is 9.90. The maximum absolute atomic E-state index is 6.10. The first-order valence-corrected chi connectivity index (χ1v) is 10.4. The van der Waals surface area contributed by atoms with Gasteiger partial charge in [-0.05, 0) is 35.2 Å². The Balaban J connectivity index is 1.35. The Morgan fingerprint density at radius 2 is 2.17 bits per heavy atom. The zero-order chi connectivity index (χ0) is 19.8. The average Bonchev–Trinajstić information content (AvgIpc) is 3.14. The van der Waals surface area contributed by atoms with Gasteiger partial charge in [-0.15, -0.1) is 0 Å². The number of rotatable bonds is 4. The minimum Gasteiger partial charge on any atom is -0.492 e. The van der Waals surface area contributed by atoms with E-state index in [1.807, 2.05) is 24.1 Å². The van der Waals surface area contributed by atoms with Crippen LogP contribution in [0.4, 0.5) is 5.69 Å². The molecule has 152 valence electrons. The van der Waals surface area contributed by atoms with Gasteiger partial charge in [-0.25, -0.2) is 4.98 Å². The Labute approximate surface area is 171 Å². The largest absolute Gasteiger partial charge is 0.492 e. The van der Waals surface area contributed by atoms with Crippen LogP contribution in [0.3, 0.4) is 0 Å². The van der Waals surface area contributed by atoms with Gasteiger partial charge in [0, 0.05) is 46.0 Å². The van der Waals surface area contributed by atoms with Crippen molar-refractivity contribution < 1.29 is 4.74 Å². The van der Waals surface area contributed by atoms with Crippen LogP contribution >= 0.6 is 0 Å². The highest BCUT2D eigenvalue weighted by Gasteiger charge is 2.25. The minimum absolute atomic E-state index is 0.376. The lowest BCUT2D eigenvalue weighted by molar-refractivity contribution is 0.246. The van der Waals surface area contributed by atoms with Crippen LogP contribution in [0.25, 0.3) is 11.0 Å². The highest BCUT2D eigenvalue weighted by molar-refractivity contribution is 5.89. The minimum atomic E-state index is 0.376. The predicted octanol–water partition coefficient (Wildman–Crippen LogP) is 2.03. The Bertz CT molecular complexity index is 1010. The summed E-state index contributed by atoms with van der Waals surface area (Å²) in [5, 5.41) is 12.4. The molecule has 2 aromatic heterocycles. The first-order chi connectivity index (χ1) is 14.2. The highest BCUT2D eigenvalue weighted by Crippen LogP contribution is 2.35. The van der Waals surface area contributed by atoms with Crippen LogP contribution in [0.15, 0.2) is 36.7 Å². The average molecular weight is 393 g/mol. The third-order valence-corrected chi connectivity index (χ3v) is 6.03. The smallest absolute Gasteiger partial charge is 0.159 e. The fourth-order valence-corrected chi connectivity index (χ4v) is 4.48. The summed E-state index contributed by atoms with van der Waals surface area (Å²) >= 11 is 0. The number of aryl methyl sites for hydroxylation is 1. The van der Waals surface area contributed by atoms with Gasteiger partial charge in [0.1, 0.15) is 12.4 Å². The van der Waals surface area contributed by atoms with E-state index >= 15 is 0 Å². The monoisotopic (exact) mass is 392 g/mol. The number of piperazine rings is 1. The second-order valence-corrected chi connectivity index (χ2v) is 8.14. The first-order valence-electron chi connectivity index (χ1n) is 10.4. The molecule has 1 aromatic carbocycles. The quantitative estimate of drug-likeness (QED) is 0.708. The van der Waals surface area contributed by atoms with Gasteiger partial charge in [0.05, 0.1) is 23.3 Å². The molecule has 1 fully saturated rings. The number of anilines is 1. The van der Waals surface area contributed by atoms with Gasteiger partial charge in [0.25, 0.3) is 0 Å². The zero-order valence-electron chi connectivity index (χ0n) is 17.1. The molecule has 29 heavy (non-hydrogen) atoms. The molecule has 0 saturated carbocycles. The molecule has 0 bridgehead atoms. The van der Waals surface area contributed by atoms with E-state index in [-0.39, 0.29) is 0 Å². The van der Waals surface area contributed by atoms with Crippen LogP contribution in [0.2, 0.25) is 0 Å². The molecular formula is C22H28N6O. The van der Waals surface area contributed by atoms with Crippen molar-refractivity contribution in [2.24, 2.45) is 7.05 Å². The molecule has 2 atom stereocenters. The first kappa shape index (κ1) is 18.4. The van der Waals surface area contributed by atoms with Crippen molar-refractivity contribution in [1.82, 2.24) is 25.4 Å². The lowest BCUT2D eigenvalue weighted by Gasteiger charge is -2.35. The normalized spacial score (nSPS) is 21.9. The van der Waals surface area contributed by atoms with E-state index in [0.717, 1.165) is 49.5 Å². The standard InChI is InChI=1S/C22H28N6O/c1-15-12-28(21-5-6-25-22-20(21)11-26-27(22)2)13-16-3-4-18(9-19(15)16)29-14-17-10-23-7-8-24-17/h3-6,9,11,15,17,23-24H,7-8,10,12-14H2,1-2H3/t15-,17+/m0/s1. The maximum atomic E-state index is 6.10. The molecular weight excluding hydrogens is 364 g/mol. The van der Waals surface area contributed by atoms with E-state index in [9.17, 15) is 0 Å². The SMILES string of the molecule is C[C@H]1CN(c2ccnc3c2cnn3C)Cc2ccc(OC[C@H]3CNCCN3)cc21. The summed E-state index contributed by atoms with van der Waals surface area (Å²) in [4.78, 5) is 6.92. The molecule has 7 nitrogen and oxygen atoms in total. The van der Waals surface area contributed by atoms with Crippen LogP contribution in [0.5, 0.6) is 5.75 Å². The Morgan fingerprint density at radius 1 is 1.24 bits per heavy atom. The number of ether oxygens (including phenoxy) is 1. The van der Waals surface area contributed by atoms with E-state index in [4.69, 9.17) is 4.74 Å². The number of fused-ring (bicyclic) bond motifs is 2. The van der Waals surface area contributed by atoms with Crippen molar-refractivity contribution in [2.45, 2.75) is 25.4 Å². The van der Waals surface area contributed by atoms with E-state index in [1.54, 1.807) is 0 Å². The van der Waals surface area contributed by atoms with Crippen molar-refractivity contribution in [3.8, 4) is 5.75 Å². The zero-order valence-corrected chi connectivity index (χ0v) is 17.1. The molecule has 1 saturated heterocycles. The number of aromatic nitrogens is 3. The van der Waals surface area contributed by atoms with E-state index in [0.29, 0.717) is 18.6 Å². The van der Waals surface area contributed by atoms with Gasteiger partial charge < -0.3 is 20.3 Å². The molecule has 0 spiro atoms. The summed E-state index contributed by atoms with van der Waals surface area (Å²) in [5.74, 6) is 1.40. The molecule has 3 aromatic rings. The third-order valence-electron chi connectivity index (χ3n) is 6.03. The molecule has 0 aliphatic carbocycles. The molecule has 5 rings (SSSR count). The van der Waals surface area contributed by atoms with Gasteiger partial charge >= 0.3 is 0 Å². The maximum Gasteiger partial charge on any atom is 0.159 e. The highest BCUT2D eigenvalue weighted by atomic mass is 16.5. The fraction of sp³-hybridized carbons (Fsp3) is 0.455. The van der Waals surface area contributed by atoms with Crippen LogP contribution in [-0.4, -0.2) is 53.6 Å². The van der Waals surface area contributed by atoms with Crippen LogP contribution < -0.4 is 20.3 Å². The molecule has 0 radical (unpaired) electrons. The van der Waals surface area contributed by atoms with Crippen LogP contribution in [0, 0.1) is 0 Å².